The van der Waals surface area contributed by atoms with Crippen molar-refractivity contribution >= 4 is 44.8 Å². The van der Waals surface area contributed by atoms with Gasteiger partial charge in [-0.1, -0.05) is 54.1 Å². The summed E-state index contributed by atoms with van der Waals surface area (Å²) in [5.74, 6) is 0.249. The quantitative estimate of drug-likeness (QED) is 0.293. The van der Waals surface area contributed by atoms with Crippen LogP contribution in [0.2, 0.25) is 0 Å². The van der Waals surface area contributed by atoms with Crippen LogP contribution in [0.1, 0.15) is 55.5 Å². The van der Waals surface area contributed by atoms with Crippen LogP contribution >= 0.6 is 15.9 Å². The Morgan fingerprint density at radius 2 is 1.97 bits per heavy atom. The number of carbonyl (C=O) groups is 2. The largest absolute Gasteiger partial charge is 0.352 e. The van der Waals surface area contributed by atoms with E-state index in [-0.39, 0.29) is 11.8 Å². The second kappa shape index (κ2) is 10.5. The van der Waals surface area contributed by atoms with Gasteiger partial charge in [-0.15, -0.1) is 0 Å². The lowest BCUT2D eigenvalue weighted by Gasteiger charge is -2.15. The highest BCUT2D eigenvalue weighted by Gasteiger charge is 2.27. The summed E-state index contributed by atoms with van der Waals surface area (Å²) >= 11 is 3.43. The van der Waals surface area contributed by atoms with Crippen LogP contribution in [-0.2, 0) is 4.79 Å². The highest BCUT2D eigenvalue weighted by molar-refractivity contribution is 9.10. The number of hydrogen-bond donors (Lipinski definition) is 3. The molecule has 158 valence electrons. The van der Waals surface area contributed by atoms with Crippen molar-refractivity contribution in [2.75, 3.05) is 11.9 Å². The van der Waals surface area contributed by atoms with E-state index in [2.05, 4.69) is 45.5 Å². The maximum atomic E-state index is 12.4. The molecular formula is C23H28BrN4O2+. The Labute approximate surface area is 185 Å². The Kier molecular flexibility index (Phi) is 7.76. The van der Waals surface area contributed by atoms with Crippen LogP contribution in [0.25, 0.3) is 0 Å². The zero-order valence-corrected chi connectivity index (χ0v) is 19.0. The van der Waals surface area contributed by atoms with Gasteiger partial charge >= 0.3 is 0 Å². The third-order valence-corrected chi connectivity index (χ3v) is 5.80. The fourth-order valence-electron chi connectivity index (χ4n) is 3.40. The minimum absolute atomic E-state index is 0.0586. The second-order valence-electron chi connectivity index (χ2n) is 7.50. The molecule has 6 nitrogen and oxygen atoms in total. The maximum Gasteiger partial charge on any atom is 0.280 e. The number of anilines is 1. The zero-order valence-electron chi connectivity index (χ0n) is 17.4. The SMILES string of the molecule is CCCCC(CC)CNC(=O)c1ccc([NH2+]N=C2C(=O)Nc3ccc(Br)cc32)cc1. The molecule has 2 amide bonds. The molecule has 0 bridgehead atoms. The van der Waals surface area contributed by atoms with Crippen LogP contribution in [0.5, 0.6) is 0 Å². The third kappa shape index (κ3) is 5.55. The fraction of sp³-hybridized carbons (Fsp3) is 0.348. The molecule has 0 radical (unpaired) electrons. The van der Waals surface area contributed by atoms with E-state index in [0.717, 1.165) is 34.3 Å². The molecule has 0 aromatic heterocycles. The average Bonchev–Trinajstić information content (AvgIpc) is 3.06. The number of unbranched alkanes of at least 4 members (excludes halogenated alkanes) is 1. The summed E-state index contributed by atoms with van der Waals surface area (Å²) < 4.78 is 0.890. The number of fused-ring (bicyclic) bond motifs is 1. The van der Waals surface area contributed by atoms with Gasteiger partial charge in [0.05, 0.1) is 5.69 Å². The van der Waals surface area contributed by atoms with E-state index in [9.17, 15) is 9.59 Å². The lowest BCUT2D eigenvalue weighted by atomic mass is 9.99. The van der Waals surface area contributed by atoms with Crippen molar-refractivity contribution in [2.45, 2.75) is 39.5 Å². The molecule has 7 heteroatoms. The van der Waals surface area contributed by atoms with E-state index in [1.807, 2.05) is 30.3 Å². The summed E-state index contributed by atoms with van der Waals surface area (Å²) in [6.07, 6.45) is 4.59. The molecule has 3 rings (SSSR count). The summed E-state index contributed by atoms with van der Waals surface area (Å²) in [5.41, 5.74) is 5.00. The molecule has 1 aliphatic heterocycles. The van der Waals surface area contributed by atoms with Crippen molar-refractivity contribution < 1.29 is 15.0 Å². The van der Waals surface area contributed by atoms with Gasteiger partial charge in [-0.3, -0.25) is 9.59 Å². The topological polar surface area (TPSA) is 87.2 Å². The first-order valence-corrected chi connectivity index (χ1v) is 11.2. The minimum Gasteiger partial charge on any atom is -0.352 e. The van der Waals surface area contributed by atoms with Gasteiger partial charge in [-0.2, -0.15) is 5.43 Å². The smallest absolute Gasteiger partial charge is 0.280 e. The zero-order chi connectivity index (χ0) is 21.5. The van der Waals surface area contributed by atoms with Gasteiger partial charge < -0.3 is 10.6 Å². The number of benzene rings is 2. The third-order valence-electron chi connectivity index (χ3n) is 5.31. The normalized spacial score (nSPS) is 15.0. The van der Waals surface area contributed by atoms with Gasteiger partial charge in [-0.25, -0.2) is 0 Å². The average molecular weight is 472 g/mol. The van der Waals surface area contributed by atoms with Gasteiger partial charge in [0.15, 0.2) is 11.4 Å². The molecule has 0 saturated carbocycles. The number of quaternary nitrogens is 1. The van der Waals surface area contributed by atoms with Crippen molar-refractivity contribution in [3.05, 3.63) is 58.1 Å². The standard InChI is InChI=1S/C23H27BrN4O2/c1-3-5-6-15(4-2)14-25-22(29)16-7-10-18(11-8-16)27-28-21-19-13-17(24)9-12-20(19)26-23(21)30/h7-13,15,27H,3-6,14H2,1-2H3,(H,25,29)(H,26,28,30)/p+1. The Morgan fingerprint density at radius 3 is 2.67 bits per heavy atom. The summed E-state index contributed by atoms with van der Waals surface area (Å²) in [6, 6.07) is 12.8. The Bertz CT molecular complexity index is 941. The molecule has 1 heterocycles. The number of halogens is 1. The molecule has 1 atom stereocenters. The summed E-state index contributed by atoms with van der Waals surface area (Å²) in [6.45, 7) is 5.06. The first kappa shape index (κ1) is 22.2. The molecule has 0 aliphatic carbocycles. The monoisotopic (exact) mass is 471 g/mol. The summed E-state index contributed by atoms with van der Waals surface area (Å²) in [4.78, 5) is 24.6. The predicted octanol–water partition coefficient (Wildman–Crippen LogP) is 3.95. The van der Waals surface area contributed by atoms with Crippen LogP contribution in [0.3, 0.4) is 0 Å². The number of nitrogens with one attached hydrogen (secondary N) is 2. The number of nitrogens with two attached hydrogens (primary N) is 1. The lowest BCUT2D eigenvalue weighted by molar-refractivity contribution is -0.577. The van der Waals surface area contributed by atoms with Gasteiger partial charge in [0.2, 0.25) is 0 Å². The van der Waals surface area contributed by atoms with Crippen molar-refractivity contribution in [3.63, 3.8) is 0 Å². The lowest BCUT2D eigenvalue weighted by Crippen LogP contribution is -2.72. The molecule has 4 N–H and O–H groups in total. The number of hydrogen-bond acceptors (Lipinski definition) is 3. The van der Waals surface area contributed by atoms with E-state index in [0.29, 0.717) is 23.7 Å². The second-order valence-corrected chi connectivity index (χ2v) is 8.42. The van der Waals surface area contributed by atoms with Gasteiger partial charge in [0.25, 0.3) is 11.8 Å². The van der Waals surface area contributed by atoms with E-state index in [1.54, 1.807) is 17.6 Å². The van der Waals surface area contributed by atoms with E-state index in [1.165, 1.54) is 12.8 Å². The molecule has 2 aromatic carbocycles. The number of amides is 2. The minimum atomic E-state index is -0.219. The van der Waals surface area contributed by atoms with Crippen molar-refractivity contribution in [2.24, 2.45) is 11.0 Å². The maximum absolute atomic E-state index is 12.4. The molecule has 30 heavy (non-hydrogen) atoms. The molecule has 2 aromatic rings. The van der Waals surface area contributed by atoms with Crippen LogP contribution in [-0.4, -0.2) is 24.1 Å². The number of rotatable bonds is 9. The van der Waals surface area contributed by atoms with Crippen LogP contribution < -0.4 is 16.1 Å². The molecule has 1 unspecified atom stereocenters. The van der Waals surface area contributed by atoms with Gasteiger partial charge in [0.1, 0.15) is 0 Å². The Morgan fingerprint density at radius 1 is 1.20 bits per heavy atom. The summed E-state index contributed by atoms with van der Waals surface area (Å²) in [5, 5.41) is 10.2. The van der Waals surface area contributed by atoms with Crippen LogP contribution in [0, 0.1) is 5.92 Å². The number of carbonyl (C=O) groups excluding carboxylic acids is 2. The molecule has 0 saturated heterocycles. The highest BCUT2D eigenvalue weighted by atomic mass is 79.9. The van der Waals surface area contributed by atoms with Gasteiger partial charge in [-0.05, 0) is 42.7 Å². The van der Waals surface area contributed by atoms with Crippen molar-refractivity contribution in [1.82, 2.24) is 5.32 Å². The molecule has 1 aliphatic rings. The van der Waals surface area contributed by atoms with Gasteiger partial charge in [0, 0.05) is 34.3 Å². The highest BCUT2D eigenvalue weighted by Crippen LogP contribution is 2.26. The predicted molar refractivity (Wildman–Crippen MR) is 123 cm³/mol. The molecular weight excluding hydrogens is 444 g/mol. The summed E-state index contributed by atoms with van der Waals surface area (Å²) in [7, 11) is 0. The molecule has 0 spiro atoms. The van der Waals surface area contributed by atoms with Crippen molar-refractivity contribution in [3.8, 4) is 0 Å². The van der Waals surface area contributed by atoms with Crippen LogP contribution in [0.4, 0.5) is 11.4 Å². The van der Waals surface area contributed by atoms with E-state index < -0.39 is 0 Å². The Hall–Kier alpha value is -2.51. The Balaban J connectivity index is 1.60. The first-order valence-electron chi connectivity index (χ1n) is 10.4. The van der Waals surface area contributed by atoms with Crippen molar-refractivity contribution in [1.29, 1.82) is 0 Å². The first-order chi connectivity index (χ1) is 14.5. The fourth-order valence-corrected chi connectivity index (χ4v) is 3.76. The van der Waals surface area contributed by atoms with Crippen LogP contribution in [0.15, 0.2) is 52.0 Å². The molecule has 0 fully saturated rings. The number of nitrogens with zero attached hydrogens (tertiary/aromatic N) is 1. The van der Waals surface area contributed by atoms with E-state index >= 15 is 0 Å². The van der Waals surface area contributed by atoms with E-state index in [4.69, 9.17) is 0 Å².